The molecular weight excluding hydrogens is 256 g/mol. The lowest BCUT2D eigenvalue weighted by molar-refractivity contribution is -0.142. The van der Waals surface area contributed by atoms with Crippen LogP contribution in [0.15, 0.2) is 12.4 Å². The molecule has 0 atom stereocenters. The maximum Gasteiger partial charge on any atom is 0.306 e. The number of aromatic nitrogens is 2. The molecule has 0 spiro atoms. The van der Waals surface area contributed by atoms with Gasteiger partial charge in [0.1, 0.15) is 18.0 Å². The summed E-state index contributed by atoms with van der Waals surface area (Å²) >= 11 is 0. The second-order valence-corrected chi connectivity index (χ2v) is 5.74. The predicted octanol–water partition coefficient (Wildman–Crippen LogP) is 2.11. The normalized spacial score (nSPS) is 26.0. The Morgan fingerprint density at radius 1 is 1.00 bits per heavy atom. The molecule has 1 aromatic heterocycles. The molecule has 1 heterocycles. The van der Waals surface area contributed by atoms with Crippen LogP contribution in [0.25, 0.3) is 0 Å². The second-order valence-electron chi connectivity index (χ2n) is 5.74. The van der Waals surface area contributed by atoms with Crippen LogP contribution in [0.1, 0.15) is 38.5 Å². The van der Waals surface area contributed by atoms with Gasteiger partial charge < -0.3 is 15.7 Å². The summed E-state index contributed by atoms with van der Waals surface area (Å²) < 4.78 is 0. The fourth-order valence-corrected chi connectivity index (χ4v) is 2.65. The number of rotatable bonds is 5. The number of nitrogens with zero attached hydrogens (tertiary/aromatic N) is 2. The molecule has 0 saturated heterocycles. The van der Waals surface area contributed by atoms with E-state index in [9.17, 15) is 4.79 Å². The molecular formula is C14H20N4O2. The lowest BCUT2D eigenvalue weighted by Gasteiger charge is -2.27. The first kappa shape index (κ1) is 13.1. The van der Waals surface area contributed by atoms with Crippen molar-refractivity contribution >= 4 is 17.6 Å². The van der Waals surface area contributed by atoms with Crippen molar-refractivity contribution in [2.75, 3.05) is 10.6 Å². The average molecular weight is 276 g/mol. The Labute approximate surface area is 118 Å². The van der Waals surface area contributed by atoms with Crippen molar-refractivity contribution in [2.45, 2.75) is 50.6 Å². The second kappa shape index (κ2) is 5.64. The molecule has 3 rings (SSSR count). The summed E-state index contributed by atoms with van der Waals surface area (Å²) in [6.45, 7) is 0. The topological polar surface area (TPSA) is 87.1 Å². The van der Waals surface area contributed by atoms with Crippen LogP contribution < -0.4 is 10.6 Å². The minimum Gasteiger partial charge on any atom is -0.481 e. The quantitative estimate of drug-likeness (QED) is 0.763. The van der Waals surface area contributed by atoms with Gasteiger partial charge in [-0.25, -0.2) is 9.97 Å². The van der Waals surface area contributed by atoms with E-state index in [1.54, 1.807) is 6.33 Å². The van der Waals surface area contributed by atoms with E-state index in [2.05, 4.69) is 20.6 Å². The van der Waals surface area contributed by atoms with E-state index in [0.29, 0.717) is 12.1 Å². The van der Waals surface area contributed by atoms with Gasteiger partial charge in [0.25, 0.3) is 0 Å². The standard InChI is InChI=1S/C14H20N4O2/c19-14(20)9-1-3-10(4-2-9)17-12-7-13(16-8-15-12)18-11-5-6-11/h7-11H,1-6H2,(H,19,20)(H2,15,16,17,18). The molecule has 2 aliphatic rings. The number of nitrogens with one attached hydrogen (secondary N) is 2. The van der Waals surface area contributed by atoms with Gasteiger partial charge in [-0.3, -0.25) is 4.79 Å². The molecule has 1 aromatic rings. The minimum absolute atomic E-state index is 0.175. The Balaban J connectivity index is 1.54. The van der Waals surface area contributed by atoms with Crippen LogP contribution in [-0.2, 0) is 4.79 Å². The van der Waals surface area contributed by atoms with Gasteiger partial charge >= 0.3 is 5.97 Å². The first-order valence-corrected chi connectivity index (χ1v) is 7.28. The summed E-state index contributed by atoms with van der Waals surface area (Å²) in [5, 5.41) is 15.7. The highest BCUT2D eigenvalue weighted by Gasteiger charge is 2.26. The molecule has 0 radical (unpaired) electrons. The molecule has 6 nitrogen and oxygen atoms in total. The van der Waals surface area contributed by atoms with Gasteiger partial charge in [-0.2, -0.15) is 0 Å². The van der Waals surface area contributed by atoms with Gasteiger partial charge in [0, 0.05) is 18.2 Å². The van der Waals surface area contributed by atoms with Crippen molar-refractivity contribution < 1.29 is 9.90 Å². The number of hydrogen-bond acceptors (Lipinski definition) is 5. The Hall–Kier alpha value is -1.85. The highest BCUT2D eigenvalue weighted by molar-refractivity contribution is 5.70. The number of carboxylic acid groups (broad SMARTS) is 1. The zero-order valence-corrected chi connectivity index (χ0v) is 11.4. The molecule has 6 heteroatoms. The highest BCUT2D eigenvalue weighted by Crippen LogP contribution is 2.27. The monoisotopic (exact) mass is 276 g/mol. The van der Waals surface area contributed by atoms with Crippen LogP contribution in [0.4, 0.5) is 11.6 Å². The lowest BCUT2D eigenvalue weighted by atomic mass is 9.86. The number of aliphatic carboxylic acids is 1. The van der Waals surface area contributed by atoms with Crippen molar-refractivity contribution in [1.82, 2.24) is 9.97 Å². The number of anilines is 2. The molecule has 2 fully saturated rings. The van der Waals surface area contributed by atoms with Gasteiger partial charge in [-0.05, 0) is 38.5 Å². The van der Waals surface area contributed by atoms with E-state index >= 15 is 0 Å². The molecule has 108 valence electrons. The summed E-state index contributed by atoms with van der Waals surface area (Å²) in [5.41, 5.74) is 0. The minimum atomic E-state index is -0.665. The van der Waals surface area contributed by atoms with E-state index in [-0.39, 0.29) is 5.92 Å². The molecule has 0 amide bonds. The first-order chi connectivity index (χ1) is 9.70. The SMILES string of the molecule is O=C(O)C1CCC(Nc2cc(NC3CC3)ncn2)CC1. The maximum absolute atomic E-state index is 10.9. The van der Waals surface area contributed by atoms with Gasteiger partial charge in [-0.15, -0.1) is 0 Å². The van der Waals surface area contributed by atoms with Crippen molar-refractivity contribution in [2.24, 2.45) is 5.92 Å². The maximum atomic E-state index is 10.9. The Morgan fingerprint density at radius 3 is 1.95 bits per heavy atom. The van der Waals surface area contributed by atoms with Crippen molar-refractivity contribution in [3.8, 4) is 0 Å². The summed E-state index contributed by atoms with van der Waals surface area (Å²) in [5.74, 6) is 0.845. The summed E-state index contributed by atoms with van der Waals surface area (Å²) in [4.78, 5) is 19.4. The van der Waals surface area contributed by atoms with E-state index in [1.807, 2.05) is 6.07 Å². The molecule has 0 unspecified atom stereocenters. The van der Waals surface area contributed by atoms with Crippen LogP contribution in [0, 0.1) is 5.92 Å². The fraction of sp³-hybridized carbons (Fsp3) is 0.643. The van der Waals surface area contributed by atoms with E-state index in [1.165, 1.54) is 12.8 Å². The van der Waals surface area contributed by atoms with Crippen LogP contribution >= 0.6 is 0 Å². The third kappa shape index (κ3) is 3.37. The Kier molecular flexibility index (Phi) is 3.71. The predicted molar refractivity (Wildman–Crippen MR) is 75.7 cm³/mol. The lowest BCUT2D eigenvalue weighted by Crippen LogP contribution is -2.29. The van der Waals surface area contributed by atoms with Gasteiger partial charge in [0.05, 0.1) is 5.92 Å². The third-order valence-corrected chi connectivity index (χ3v) is 4.02. The molecule has 3 N–H and O–H groups in total. The summed E-state index contributed by atoms with van der Waals surface area (Å²) in [6.07, 6.45) is 7.24. The number of carbonyl (C=O) groups is 1. The number of carboxylic acids is 1. The Morgan fingerprint density at radius 2 is 1.50 bits per heavy atom. The van der Waals surface area contributed by atoms with Gasteiger partial charge in [0.2, 0.25) is 0 Å². The largest absolute Gasteiger partial charge is 0.481 e. The smallest absolute Gasteiger partial charge is 0.306 e. The van der Waals surface area contributed by atoms with Crippen molar-refractivity contribution in [3.63, 3.8) is 0 Å². The van der Waals surface area contributed by atoms with E-state index in [4.69, 9.17) is 5.11 Å². The number of hydrogen-bond donors (Lipinski definition) is 3. The van der Waals surface area contributed by atoms with Gasteiger partial charge in [-0.1, -0.05) is 0 Å². The Bertz CT molecular complexity index is 482. The molecule has 20 heavy (non-hydrogen) atoms. The molecule has 0 bridgehead atoms. The van der Waals surface area contributed by atoms with Crippen molar-refractivity contribution in [3.05, 3.63) is 12.4 Å². The van der Waals surface area contributed by atoms with Crippen LogP contribution in [0.5, 0.6) is 0 Å². The first-order valence-electron chi connectivity index (χ1n) is 7.28. The van der Waals surface area contributed by atoms with Gasteiger partial charge in [0.15, 0.2) is 0 Å². The molecule has 2 aliphatic carbocycles. The zero-order chi connectivity index (χ0) is 13.9. The van der Waals surface area contributed by atoms with Crippen LogP contribution in [0.2, 0.25) is 0 Å². The van der Waals surface area contributed by atoms with Crippen molar-refractivity contribution in [1.29, 1.82) is 0 Å². The zero-order valence-electron chi connectivity index (χ0n) is 11.4. The fourth-order valence-electron chi connectivity index (χ4n) is 2.65. The molecule has 2 saturated carbocycles. The summed E-state index contributed by atoms with van der Waals surface area (Å²) in [6, 6.07) is 2.82. The van der Waals surface area contributed by atoms with E-state index in [0.717, 1.165) is 37.3 Å². The summed E-state index contributed by atoms with van der Waals surface area (Å²) in [7, 11) is 0. The average Bonchev–Trinajstić information content (AvgIpc) is 3.24. The highest BCUT2D eigenvalue weighted by atomic mass is 16.4. The van der Waals surface area contributed by atoms with E-state index < -0.39 is 5.97 Å². The van der Waals surface area contributed by atoms with Crippen LogP contribution in [0.3, 0.4) is 0 Å². The molecule has 0 aromatic carbocycles. The van der Waals surface area contributed by atoms with Crippen LogP contribution in [-0.4, -0.2) is 33.1 Å². The molecule has 0 aliphatic heterocycles. The third-order valence-electron chi connectivity index (χ3n) is 4.02.